The van der Waals surface area contributed by atoms with Crippen molar-refractivity contribution in [1.82, 2.24) is 20.1 Å². The molecule has 1 aromatic heterocycles. The van der Waals surface area contributed by atoms with Gasteiger partial charge in [0.25, 0.3) is 0 Å². The van der Waals surface area contributed by atoms with Gasteiger partial charge in [0.15, 0.2) is 11.6 Å². The van der Waals surface area contributed by atoms with Crippen LogP contribution >= 0.6 is 0 Å². The van der Waals surface area contributed by atoms with Gasteiger partial charge < -0.3 is 20.3 Å². The molecule has 0 aliphatic heterocycles. The van der Waals surface area contributed by atoms with Crippen LogP contribution in [0.1, 0.15) is 5.56 Å². The maximum Gasteiger partial charge on any atom is 0.363 e. The lowest BCUT2D eigenvalue weighted by molar-refractivity contribution is 0.359. The average molecular weight is 344 g/mol. The Balaban J connectivity index is 1.79. The molecule has 0 atom stereocenters. The lowest BCUT2D eigenvalue weighted by Gasteiger charge is -2.11. The van der Waals surface area contributed by atoms with Crippen molar-refractivity contribution in [3.8, 4) is 5.75 Å². The number of nitrogens with zero attached hydrogens (tertiary/aromatic N) is 3. The third-order valence-corrected chi connectivity index (χ3v) is 3.24. The van der Waals surface area contributed by atoms with E-state index < -0.39 is 5.69 Å². The minimum Gasteiger partial charge on any atom is -0.490 e. The fraction of sp³-hybridized carbons (Fsp3) is 0.353. The largest absolute Gasteiger partial charge is 0.490 e. The Kier molecular flexibility index (Phi) is 6.97. The molecule has 25 heavy (non-hydrogen) atoms. The molecule has 1 heterocycles. The second kappa shape index (κ2) is 9.43. The number of hydrogen-bond acceptors (Lipinski definition) is 7. The molecule has 2 aromatic rings. The number of H-pyrrole nitrogens is 1. The van der Waals surface area contributed by atoms with Gasteiger partial charge in [0.05, 0.1) is 0 Å². The number of hydrogen-bond donors (Lipinski definition) is 3. The Bertz CT molecular complexity index is 757. The van der Waals surface area contributed by atoms with E-state index in [1.165, 1.54) is 5.56 Å². The third kappa shape index (κ3) is 6.27. The fourth-order valence-electron chi connectivity index (χ4n) is 2.18. The first-order chi connectivity index (χ1) is 12.1. The molecule has 3 N–H and O–H groups in total. The van der Waals surface area contributed by atoms with Crippen LogP contribution in [0.15, 0.2) is 41.2 Å². The van der Waals surface area contributed by atoms with Crippen molar-refractivity contribution < 1.29 is 4.74 Å². The summed E-state index contributed by atoms with van der Waals surface area (Å²) >= 11 is 0. The molecular weight excluding hydrogens is 320 g/mol. The zero-order valence-electron chi connectivity index (χ0n) is 14.7. The van der Waals surface area contributed by atoms with Gasteiger partial charge in [0, 0.05) is 20.1 Å². The topological polar surface area (TPSA) is 95.2 Å². The molecule has 0 fully saturated rings. The molecule has 2 rings (SSSR count). The molecule has 0 spiro atoms. The molecule has 0 bridgehead atoms. The van der Waals surface area contributed by atoms with E-state index in [2.05, 4.69) is 36.8 Å². The first kappa shape index (κ1) is 18.5. The van der Waals surface area contributed by atoms with Gasteiger partial charge in [0.2, 0.25) is 0 Å². The predicted molar refractivity (Wildman–Crippen MR) is 99.2 cm³/mol. The summed E-state index contributed by atoms with van der Waals surface area (Å²) in [4.78, 5) is 17.1. The third-order valence-electron chi connectivity index (χ3n) is 3.24. The number of ether oxygens (including phenoxy) is 1. The fourth-order valence-corrected chi connectivity index (χ4v) is 2.18. The SMILES string of the molecule is CNc1n[nH]c(=O)nc1NC/C=C\COc1cccc(CN(C)C)c1. The zero-order valence-corrected chi connectivity index (χ0v) is 14.7. The molecule has 0 aliphatic rings. The molecule has 0 unspecified atom stereocenters. The van der Waals surface area contributed by atoms with E-state index in [0.29, 0.717) is 24.8 Å². The summed E-state index contributed by atoms with van der Waals surface area (Å²) in [6.07, 6.45) is 3.82. The smallest absolute Gasteiger partial charge is 0.363 e. The van der Waals surface area contributed by atoms with Crippen LogP contribution in [0.5, 0.6) is 5.75 Å². The van der Waals surface area contributed by atoms with Crippen LogP contribution in [0.3, 0.4) is 0 Å². The lowest BCUT2D eigenvalue weighted by atomic mass is 10.2. The molecular formula is C17H24N6O2. The van der Waals surface area contributed by atoms with Crippen LogP contribution < -0.4 is 21.1 Å². The Hall–Kier alpha value is -2.87. The summed E-state index contributed by atoms with van der Waals surface area (Å²) in [6, 6.07) is 8.05. The molecule has 8 heteroatoms. The van der Waals surface area contributed by atoms with Gasteiger partial charge in [-0.15, -0.1) is 5.10 Å². The van der Waals surface area contributed by atoms with Gasteiger partial charge in [-0.2, -0.15) is 4.98 Å². The average Bonchev–Trinajstić information content (AvgIpc) is 2.58. The number of aromatic nitrogens is 3. The van der Waals surface area contributed by atoms with Crippen molar-refractivity contribution in [3.63, 3.8) is 0 Å². The van der Waals surface area contributed by atoms with Crippen molar-refractivity contribution in [2.45, 2.75) is 6.54 Å². The van der Waals surface area contributed by atoms with E-state index in [1.54, 1.807) is 7.05 Å². The Morgan fingerprint density at radius 2 is 2.12 bits per heavy atom. The molecule has 1 aromatic carbocycles. The van der Waals surface area contributed by atoms with Crippen molar-refractivity contribution >= 4 is 11.6 Å². The second-order valence-corrected chi connectivity index (χ2v) is 5.64. The normalized spacial score (nSPS) is 11.0. The molecule has 0 radical (unpaired) electrons. The van der Waals surface area contributed by atoms with Crippen LogP contribution in [0.4, 0.5) is 11.6 Å². The minimum absolute atomic E-state index is 0.410. The number of aromatic amines is 1. The van der Waals surface area contributed by atoms with Crippen LogP contribution in [-0.2, 0) is 6.54 Å². The van der Waals surface area contributed by atoms with Gasteiger partial charge in [0.1, 0.15) is 12.4 Å². The van der Waals surface area contributed by atoms with Gasteiger partial charge >= 0.3 is 5.69 Å². The number of benzene rings is 1. The Morgan fingerprint density at radius 1 is 1.28 bits per heavy atom. The highest BCUT2D eigenvalue weighted by atomic mass is 16.5. The lowest BCUT2D eigenvalue weighted by Crippen LogP contribution is -2.17. The highest BCUT2D eigenvalue weighted by Gasteiger charge is 2.03. The van der Waals surface area contributed by atoms with Crippen molar-refractivity contribution in [3.05, 3.63) is 52.5 Å². The van der Waals surface area contributed by atoms with E-state index in [-0.39, 0.29) is 0 Å². The van der Waals surface area contributed by atoms with Gasteiger partial charge in [-0.3, -0.25) is 0 Å². The summed E-state index contributed by atoms with van der Waals surface area (Å²) < 4.78 is 5.72. The molecule has 8 nitrogen and oxygen atoms in total. The molecule has 0 saturated carbocycles. The van der Waals surface area contributed by atoms with Crippen molar-refractivity contribution in [1.29, 1.82) is 0 Å². The van der Waals surface area contributed by atoms with Crippen molar-refractivity contribution in [2.75, 3.05) is 44.9 Å². The van der Waals surface area contributed by atoms with Gasteiger partial charge in [-0.05, 0) is 37.9 Å². The van der Waals surface area contributed by atoms with Crippen LogP contribution in [0.25, 0.3) is 0 Å². The maximum absolute atomic E-state index is 11.2. The first-order valence-corrected chi connectivity index (χ1v) is 7.98. The highest BCUT2D eigenvalue weighted by molar-refractivity contribution is 5.57. The highest BCUT2D eigenvalue weighted by Crippen LogP contribution is 2.14. The minimum atomic E-state index is -0.494. The summed E-state index contributed by atoms with van der Waals surface area (Å²) in [5.74, 6) is 1.74. The van der Waals surface area contributed by atoms with E-state index in [0.717, 1.165) is 12.3 Å². The van der Waals surface area contributed by atoms with Crippen LogP contribution in [-0.4, -0.2) is 54.4 Å². The number of anilines is 2. The van der Waals surface area contributed by atoms with Gasteiger partial charge in [-0.25, -0.2) is 9.89 Å². The monoisotopic (exact) mass is 344 g/mol. The maximum atomic E-state index is 11.2. The Morgan fingerprint density at radius 3 is 2.88 bits per heavy atom. The van der Waals surface area contributed by atoms with Crippen LogP contribution in [0, 0.1) is 0 Å². The van der Waals surface area contributed by atoms with E-state index in [9.17, 15) is 4.79 Å². The Labute approximate surface area is 146 Å². The zero-order chi connectivity index (χ0) is 18.1. The quantitative estimate of drug-likeness (QED) is 0.590. The first-order valence-electron chi connectivity index (χ1n) is 7.98. The van der Waals surface area contributed by atoms with E-state index in [1.807, 2.05) is 44.4 Å². The number of rotatable bonds is 9. The molecule has 0 aliphatic carbocycles. The standard InChI is InChI=1S/C17H24N6O2/c1-18-15-16(20-17(24)22-21-15)19-9-4-5-10-25-14-8-6-7-13(11-14)12-23(2)3/h4-8,11H,9-10,12H2,1-3H3,(H,18,21)(H2,19,20,22,24)/b5-4-. The molecule has 0 saturated heterocycles. The predicted octanol–water partition coefficient (Wildman–Crippen LogP) is 1.32. The summed E-state index contributed by atoms with van der Waals surface area (Å²) in [5.41, 5.74) is 0.715. The molecule has 0 amide bonds. The molecule has 134 valence electrons. The summed E-state index contributed by atoms with van der Waals surface area (Å²) in [7, 11) is 5.78. The summed E-state index contributed by atoms with van der Waals surface area (Å²) in [6.45, 7) is 1.85. The van der Waals surface area contributed by atoms with Gasteiger partial charge in [-0.1, -0.05) is 18.2 Å². The van der Waals surface area contributed by atoms with E-state index >= 15 is 0 Å². The number of nitrogens with one attached hydrogen (secondary N) is 3. The summed E-state index contributed by atoms with van der Waals surface area (Å²) in [5, 5.41) is 12.0. The van der Waals surface area contributed by atoms with Crippen molar-refractivity contribution in [2.24, 2.45) is 0 Å². The van der Waals surface area contributed by atoms with Crippen LogP contribution in [0.2, 0.25) is 0 Å². The van der Waals surface area contributed by atoms with E-state index in [4.69, 9.17) is 4.74 Å². The second-order valence-electron chi connectivity index (χ2n) is 5.64.